The number of carboxylic acids is 1. The minimum Gasteiger partial charge on any atom is -0.480 e. The molecular weight excluding hydrogens is 184 g/mol. The number of carbonyl (C=O) groups is 2. The first kappa shape index (κ1) is 12.9. The van der Waals surface area contributed by atoms with E-state index in [2.05, 4.69) is 5.32 Å². The van der Waals surface area contributed by atoms with E-state index in [1.54, 1.807) is 6.92 Å². The van der Waals surface area contributed by atoms with Gasteiger partial charge in [0, 0.05) is 0 Å². The van der Waals surface area contributed by atoms with Gasteiger partial charge in [0.25, 0.3) is 0 Å². The van der Waals surface area contributed by atoms with Crippen LogP contribution < -0.4 is 11.1 Å². The van der Waals surface area contributed by atoms with Crippen LogP contribution in [0.3, 0.4) is 0 Å². The highest BCUT2D eigenvalue weighted by Gasteiger charge is 2.29. The van der Waals surface area contributed by atoms with Crippen LogP contribution in [0.2, 0.25) is 0 Å². The van der Waals surface area contributed by atoms with Gasteiger partial charge in [-0.15, -0.1) is 0 Å². The number of carboxylic acid groups (broad SMARTS) is 1. The van der Waals surface area contributed by atoms with Gasteiger partial charge in [-0.2, -0.15) is 0 Å². The lowest BCUT2D eigenvalue weighted by molar-refractivity contribution is -0.142. The van der Waals surface area contributed by atoms with Crippen molar-refractivity contribution in [3.05, 3.63) is 0 Å². The highest BCUT2D eigenvalue weighted by Crippen LogP contribution is 2.08. The summed E-state index contributed by atoms with van der Waals surface area (Å²) in [7, 11) is 0. The Bertz CT molecular complexity index is 226. The maximum atomic E-state index is 11.5. The second-order valence-corrected chi connectivity index (χ2v) is 3.70. The molecule has 0 aromatic heterocycles. The van der Waals surface area contributed by atoms with E-state index in [0.717, 1.165) is 6.42 Å². The van der Waals surface area contributed by atoms with Crippen LogP contribution in [0, 0.1) is 0 Å². The molecule has 0 saturated heterocycles. The summed E-state index contributed by atoms with van der Waals surface area (Å²) in [5.41, 5.74) is 4.73. The van der Waals surface area contributed by atoms with Crippen molar-refractivity contribution in [1.29, 1.82) is 0 Å². The molecule has 0 bridgehead atoms. The average molecular weight is 202 g/mol. The number of amides is 1. The third-order valence-corrected chi connectivity index (χ3v) is 2.01. The zero-order chi connectivity index (χ0) is 11.4. The number of hydrogen-bond donors (Lipinski definition) is 3. The molecule has 0 aliphatic heterocycles. The van der Waals surface area contributed by atoms with Crippen molar-refractivity contribution in [2.45, 2.75) is 45.2 Å². The second kappa shape index (κ2) is 4.95. The maximum Gasteiger partial charge on any atom is 0.325 e. The van der Waals surface area contributed by atoms with Crippen LogP contribution >= 0.6 is 0 Å². The molecule has 0 aliphatic rings. The number of hydrogen-bond acceptors (Lipinski definition) is 3. The maximum absolute atomic E-state index is 11.5. The Balaban J connectivity index is 4.26. The fourth-order valence-corrected chi connectivity index (χ4v) is 1.06. The molecule has 1 unspecified atom stereocenters. The fraction of sp³-hybridized carbons (Fsp3) is 0.778. The minimum absolute atomic E-state index is 0.422. The zero-order valence-electron chi connectivity index (χ0n) is 8.83. The predicted octanol–water partition coefficient (Wildman–Crippen LogP) is 0.0932. The second-order valence-electron chi connectivity index (χ2n) is 3.70. The molecule has 0 radical (unpaired) electrons. The van der Waals surface area contributed by atoms with Crippen LogP contribution in [0.25, 0.3) is 0 Å². The van der Waals surface area contributed by atoms with Gasteiger partial charge >= 0.3 is 5.97 Å². The van der Waals surface area contributed by atoms with E-state index in [1.807, 2.05) is 6.92 Å². The summed E-state index contributed by atoms with van der Waals surface area (Å²) < 4.78 is 0. The molecule has 14 heavy (non-hydrogen) atoms. The quantitative estimate of drug-likeness (QED) is 0.589. The normalized spacial score (nSPS) is 16.9. The van der Waals surface area contributed by atoms with E-state index in [-0.39, 0.29) is 0 Å². The van der Waals surface area contributed by atoms with Gasteiger partial charge in [0.15, 0.2) is 0 Å². The van der Waals surface area contributed by atoms with Gasteiger partial charge < -0.3 is 16.2 Å². The van der Waals surface area contributed by atoms with Gasteiger partial charge in [0.2, 0.25) is 5.91 Å². The number of rotatable bonds is 5. The zero-order valence-corrected chi connectivity index (χ0v) is 8.83. The Morgan fingerprint density at radius 1 is 1.57 bits per heavy atom. The Morgan fingerprint density at radius 2 is 2.07 bits per heavy atom. The molecule has 0 rings (SSSR count). The van der Waals surface area contributed by atoms with Crippen molar-refractivity contribution >= 4 is 11.9 Å². The van der Waals surface area contributed by atoms with E-state index in [1.165, 1.54) is 6.92 Å². The topological polar surface area (TPSA) is 92.4 Å². The van der Waals surface area contributed by atoms with E-state index in [0.29, 0.717) is 6.42 Å². The summed E-state index contributed by atoms with van der Waals surface area (Å²) in [6.07, 6.45) is 1.31. The van der Waals surface area contributed by atoms with Crippen molar-refractivity contribution in [3.63, 3.8) is 0 Å². The first-order chi connectivity index (χ1) is 6.31. The molecule has 4 N–H and O–H groups in total. The van der Waals surface area contributed by atoms with Gasteiger partial charge in [-0.25, -0.2) is 0 Å². The van der Waals surface area contributed by atoms with Crippen LogP contribution in [0.1, 0.15) is 33.6 Å². The average Bonchev–Trinajstić information content (AvgIpc) is 2.03. The Labute approximate surface area is 83.7 Å². The summed E-state index contributed by atoms with van der Waals surface area (Å²) in [6.45, 7) is 4.92. The molecule has 5 nitrogen and oxygen atoms in total. The van der Waals surface area contributed by atoms with Crippen molar-refractivity contribution in [3.8, 4) is 0 Å². The van der Waals surface area contributed by atoms with Crippen LogP contribution in [0.5, 0.6) is 0 Å². The van der Waals surface area contributed by atoms with Crippen LogP contribution in [-0.2, 0) is 9.59 Å². The molecule has 82 valence electrons. The summed E-state index contributed by atoms with van der Waals surface area (Å²) in [6, 6.07) is -0.901. The molecular formula is C9H18N2O3. The van der Waals surface area contributed by atoms with E-state index in [4.69, 9.17) is 10.8 Å². The standard InChI is InChI=1S/C9H18N2O3/c1-4-5-9(3,10)8(14)11-6(2)7(12)13/h6H,4-5,10H2,1-3H3,(H,11,14)(H,12,13)/t6-,9?/m0/s1. The molecule has 0 saturated carbocycles. The lowest BCUT2D eigenvalue weighted by Gasteiger charge is -2.24. The molecule has 5 heteroatoms. The monoisotopic (exact) mass is 202 g/mol. The fourth-order valence-electron chi connectivity index (χ4n) is 1.06. The van der Waals surface area contributed by atoms with Crippen molar-refractivity contribution < 1.29 is 14.7 Å². The Hall–Kier alpha value is -1.10. The van der Waals surface area contributed by atoms with Crippen molar-refractivity contribution in [2.24, 2.45) is 5.73 Å². The van der Waals surface area contributed by atoms with E-state index < -0.39 is 23.5 Å². The van der Waals surface area contributed by atoms with Gasteiger partial charge in [-0.1, -0.05) is 13.3 Å². The van der Waals surface area contributed by atoms with Gasteiger partial charge in [0.1, 0.15) is 6.04 Å². The lowest BCUT2D eigenvalue weighted by atomic mass is 9.96. The van der Waals surface area contributed by atoms with Crippen molar-refractivity contribution in [2.75, 3.05) is 0 Å². The number of carbonyl (C=O) groups excluding carboxylic acids is 1. The summed E-state index contributed by atoms with van der Waals surface area (Å²) in [4.78, 5) is 21.9. The molecule has 1 amide bonds. The Morgan fingerprint density at radius 3 is 2.43 bits per heavy atom. The van der Waals surface area contributed by atoms with Gasteiger partial charge in [-0.3, -0.25) is 9.59 Å². The largest absolute Gasteiger partial charge is 0.480 e. The highest BCUT2D eigenvalue weighted by molar-refractivity contribution is 5.89. The smallest absolute Gasteiger partial charge is 0.325 e. The van der Waals surface area contributed by atoms with E-state index in [9.17, 15) is 9.59 Å². The molecule has 0 spiro atoms. The molecule has 0 aromatic carbocycles. The molecule has 0 heterocycles. The molecule has 2 atom stereocenters. The van der Waals surface area contributed by atoms with Crippen LogP contribution in [0.15, 0.2) is 0 Å². The molecule has 0 aromatic rings. The third-order valence-electron chi connectivity index (χ3n) is 2.01. The van der Waals surface area contributed by atoms with Crippen LogP contribution in [0.4, 0.5) is 0 Å². The summed E-state index contributed by atoms with van der Waals surface area (Å²) >= 11 is 0. The first-order valence-electron chi connectivity index (χ1n) is 4.64. The van der Waals surface area contributed by atoms with E-state index >= 15 is 0 Å². The summed E-state index contributed by atoms with van der Waals surface area (Å²) in [5, 5.41) is 10.9. The minimum atomic E-state index is -1.06. The number of nitrogens with two attached hydrogens (primary N) is 1. The Kier molecular flexibility index (Phi) is 4.56. The highest BCUT2D eigenvalue weighted by atomic mass is 16.4. The van der Waals surface area contributed by atoms with Crippen LogP contribution in [-0.4, -0.2) is 28.6 Å². The van der Waals surface area contributed by atoms with Gasteiger partial charge in [-0.05, 0) is 20.3 Å². The molecule has 0 aliphatic carbocycles. The summed E-state index contributed by atoms with van der Waals surface area (Å²) in [5.74, 6) is -1.49. The number of nitrogens with one attached hydrogen (secondary N) is 1. The lowest BCUT2D eigenvalue weighted by Crippen LogP contribution is -2.54. The molecule has 0 fully saturated rings. The SMILES string of the molecule is CCCC(C)(N)C(=O)N[C@@H](C)C(=O)O. The number of aliphatic carboxylic acids is 1. The third kappa shape index (κ3) is 3.74. The van der Waals surface area contributed by atoms with Crippen molar-refractivity contribution in [1.82, 2.24) is 5.32 Å². The predicted molar refractivity (Wildman–Crippen MR) is 52.7 cm³/mol. The van der Waals surface area contributed by atoms with Gasteiger partial charge in [0.05, 0.1) is 5.54 Å². The first-order valence-corrected chi connectivity index (χ1v) is 4.64.